The van der Waals surface area contributed by atoms with Crippen molar-refractivity contribution >= 4 is 17.6 Å². The van der Waals surface area contributed by atoms with Crippen molar-refractivity contribution in [2.45, 2.75) is 52.0 Å². The van der Waals surface area contributed by atoms with Crippen LogP contribution in [-0.2, 0) is 17.9 Å². The minimum absolute atomic E-state index is 0.00862. The number of hydrogen-bond donors (Lipinski definition) is 2. The zero-order valence-corrected chi connectivity index (χ0v) is 17.0. The van der Waals surface area contributed by atoms with Gasteiger partial charge in [0.1, 0.15) is 5.69 Å². The molecular formula is C19H22F3N7O2. The molecule has 0 aromatic carbocycles. The minimum Gasteiger partial charge on any atom is -0.350 e. The SMILES string of the molecule is CC(C)n1nccc1C(=O)NCc1cn2ccc(CNC(=O)CCC(F)(F)F)nc2n1. The van der Waals surface area contributed by atoms with Gasteiger partial charge < -0.3 is 10.6 Å². The summed E-state index contributed by atoms with van der Waals surface area (Å²) >= 11 is 0. The summed E-state index contributed by atoms with van der Waals surface area (Å²) < 4.78 is 39.8. The number of alkyl halides is 3. The molecule has 2 amide bonds. The van der Waals surface area contributed by atoms with Crippen LogP contribution in [0.1, 0.15) is 54.6 Å². The molecule has 0 fully saturated rings. The average molecular weight is 437 g/mol. The molecule has 3 heterocycles. The first kappa shape index (κ1) is 22.2. The van der Waals surface area contributed by atoms with Crippen molar-refractivity contribution in [2.24, 2.45) is 0 Å². The first-order valence-electron chi connectivity index (χ1n) is 9.61. The molecule has 9 nitrogen and oxygen atoms in total. The Morgan fingerprint density at radius 2 is 1.81 bits per heavy atom. The number of halogens is 3. The van der Waals surface area contributed by atoms with Crippen LogP contribution in [0.3, 0.4) is 0 Å². The second kappa shape index (κ2) is 9.14. The Labute approximate surface area is 175 Å². The van der Waals surface area contributed by atoms with Gasteiger partial charge in [-0.1, -0.05) is 0 Å². The summed E-state index contributed by atoms with van der Waals surface area (Å²) in [6, 6.07) is 3.31. The molecule has 0 unspecified atom stereocenters. The maximum absolute atomic E-state index is 12.4. The summed E-state index contributed by atoms with van der Waals surface area (Å²) in [5, 5.41) is 9.33. The largest absolute Gasteiger partial charge is 0.389 e. The fourth-order valence-electron chi connectivity index (χ4n) is 2.84. The molecule has 12 heteroatoms. The van der Waals surface area contributed by atoms with E-state index >= 15 is 0 Å². The molecule has 0 spiro atoms. The van der Waals surface area contributed by atoms with Gasteiger partial charge in [0, 0.05) is 31.1 Å². The second-order valence-electron chi connectivity index (χ2n) is 7.19. The number of imidazole rings is 1. The van der Waals surface area contributed by atoms with Crippen LogP contribution >= 0.6 is 0 Å². The zero-order valence-electron chi connectivity index (χ0n) is 17.0. The van der Waals surface area contributed by atoms with Gasteiger partial charge in [0.15, 0.2) is 0 Å². The normalized spacial score (nSPS) is 11.8. The highest BCUT2D eigenvalue weighted by Gasteiger charge is 2.27. The maximum Gasteiger partial charge on any atom is 0.389 e. The van der Waals surface area contributed by atoms with E-state index in [1.54, 1.807) is 39.8 Å². The topological polar surface area (TPSA) is 106 Å². The number of amides is 2. The van der Waals surface area contributed by atoms with Gasteiger partial charge in [-0.15, -0.1) is 0 Å². The number of nitrogens with one attached hydrogen (secondary N) is 2. The molecule has 0 atom stereocenters. The summed E-state index contributed by atoms with van der Waals surface area (Å²) in [4.78, 5) is 32.6. The van der Waals surface area contributed by atoms with E-state index in [0.717, 1.165) is 0 Å². The van der Waals surface area contributed by atoms with Gasteiger partial charge >= 0.3 is 6.18 Å². The molecule has 166 valence electrons. The molecule has 0 aliphatic carbocycles. The van der Waals surface area contributed by atoms with Crippen molar-refractivity contribution in [2.75, 3.05) is 0 Å². The lowest BCUT2D eigenvalue weighted by atomic mass is 10.3. The summed E-state index contributed by atoms with van der Waals surface area (Å²) in [5.74, 6) is -0.636. The Balaban J connectivity index is 1.57. The van der Waals surface area contributed by atoms with Gasteiger partial charge in [0.05, 0.1) is 30.9 Å². The Morgan fingerprint density at radius 3 is 2.52 bits per heavy atom. The molecule has 0 aliphatic rings. The molecule has 0 saturated heterocycles. The quantitative estimate of drug-likeness (QED) is 0.563. The maximum atomic E-state index is 12.4. The van der Waals surface area contributed by atoms with E-state index in [1.165, 1.54) is 0 Å². The molecule has 0 aliphatic heterocycles. The highest BCUT2D eigenvalue weighted by Crippen LogP contribution is 2.21. The van der Waals surface area contributed by atoms with E-state index in [2.05, 4.69) is 25.7 Å². The standard InChI is InChI=1S/C19H22F3N7O2/c1-12(2)29-15(4-7-25-29)17(31)24-10-14-11-28-8-5-13(26-18(28)27-14)9-23-16(30)3-6-19(20,21)22/h4-5,7-8,11-12H,3,6,9-10H2,1-2H3,(H,23,30)(H,24,31). The first-order valence-corrected chi connectivity index (χ1v) is 9.61. The molecule has 31 heavy (non-hydrogen) atoms. The highest BCUT2D eigenvalue weighted by atomic mass is 19.4. The molecule has 0 bridgehead atoms. The monoisotopic (exact) mass is 437 g/mol. The van der Waals surface area contributed by atoms with Gasteiger partial charge in [0.25, 0.3) is 5.91 Å². The third-order valence-electron chi connectivity index (χ3n) is 4.36. The van der Waals surface area contributed by atoms with E-state index in [9.17, 15) is 22.8 Å². The van der Waals surface area contributed by atoms with E-state index in [1.807, 2.05) is 13.8 Å². The third-order valence-corrected chi connectivity index (χ3v) is 4.36. The Morgan fingerprint density at radius 1 is 1.10 bits per heavy atom. The van der Waals surface area contributed by atoms with Crippen molar-refractivity contribution in [3.8, 4) is 0 Å². The molecular weight excluding hydrogens is 415 g/mol. The van der Waals surface area contributed by atoms with Crippen LogP contribution in [0.2, 0.25) is 0 Å². The van der Waals surface area contributed by atoms with Gasteiger partial charge in [-0.25, -0.2) is 9.97 Å². The fourth-order valence-corrected chi connectivity index (χ4v) is 2.84. The minimum atomic E-state index is -4.37. The van der Waals surface area contributed by atoms with Crippen LogP contribution in [0.15, 0.2) is 30.7 Å². The summed E-state index contributed by atoms with van der Waals surface area (Å²) in [6.45, 7) is 4.02. The van der Waals surface area contributed by atoms with Crippen molar-refractivity contribution < 1.29 is 22.8 Å². The molecule has 3 rings (SSSR count). The van der Waals surface area contributed by atoms with Crippen molar-refractivity contribution in [3.05, 3.63) is 47.8 Å². The number of rotatable bonds is 8. The molecule has 0 radical (unpaired) electrons. The third kappa shape index (κ3) is 6.03. The smallest absolute Gasteiger partial charge is 0.350 e. The van der Waals surface area contributed by atoms with Gasteiger partial charge in [-0.05, 0) is 26.0 Å². The first-order chi connectivity index (χ1) is 14.6. The zero-order chi connectivity index (χ0) is 22.6. The fraction of sp³-hybridized carbons (Fsp3) is 0.421. The Hall–Kier alpha value is -3.44. The van der Waals surface area contributed by atoms with E-state index in [0.29, 0.717) is 22.9 Å². The Bertz CT molecular complexity index is 1070. The summed E-state index contributed by atoms with van der Waals surface area (Å²) in [7, 11) is 0. The lowest BCUT2D eigenvalue weighted by molar-refractivity contribution is -0.144. The van der Waals surface area contributed by atoms with Gasteiger partial charge in [-0.2, -0.15) is 18.3 Å². The van der Waals surface area contributed by atoms with Crippen LogP contribution in [-0.4, -0.2) is 42.1 Å². The van der Waals surface area contributed by atoms with E-state index in [4.69, 9.17) is 0 Å². The highest BCUT2D eigenvalue weighted by molar-refractivity contribution is 5.92. The molecule has 3 aromatic rings. The van der Waals surface area contributed by atoms with Crippen molar-refractivity contribution in [1.29, 1.82) is 0 Å². The number of hydrogen-bond acceptors (Lipinski definition) is 5. The summed E-state index contributed by atoms with van der Waals surface area (Å²) in [6.07, 6.45) is -1.23. The van der Waals surface area contributed by atoms with E-state index in [-0.39, 0.29) is 25.0 Å². The van der Waals surface area contributed by atoms with Crippen molar-refractivity contribution in [1.82, 2.24) is 34.8 Å². The number of carbonyl (C=O) groups is 2. The average Bonchev–Trinajstić information content (AvgIpc) is 3.34. The van der Waals surface area contributed by atoms with E-state index < -0.39 is 24.9 Å². The summed E-state index contributed by atoms with van der Waals surface area (Å²) in [5.41, 5.74) is 1.47. The van der Waals surface area contributed by atoms with Crippen LogP contribution in [0.25, 0.3) is 5.78 Å². The molecule has 3 aromatic heterocycles. The molecule has 2 N–H and O–H groups in total. The van der Waals surface area contributed by atoms with Crippen LogP contribution in [0.5, 0.6) is 0 Å². The lowest BCUT2D eigenvalue weighted by Crippen LogP contribution is -2.26. The van der Waals surface area contributed by atoms with Crippen LogP contribution in [0.4, 0.5) is 13.2 Å². The second-order valence-corrected chi connectivity index (χ2v) is 7.19. The number of aromatic nitrogens is 5. The number of carbonyl (C=O) groups excluding carboxylic acids is 2. The predicted octanol–water partition coefficient (Wildman–Crippen LogP) is 2.40. The van der Waals surface area contributed by atoms with Gasteiger partial charge in [-0.3, -0.25) is 18.7 Å². The number of nitrogens with zero attached hydrogens (tertiary/aromatic N) is 5. The van der Waals surface area contributed by atoms with Gasteiger partial charge in [0.2, 0.25) is 11.7 Å². The van der Waals surface area contributed by atoms with Crippen LogP contribution in [0, 0.1) is 0 Å². The number of fused-ring (bicyclic) bond motifs is 1. The molecule has 0 saturated carbocycles. The Kier molecular flexibility index (Phi) is 6.56. The van der Waals surface area contributed by atoms with Crippen LogP contribution < -0.4 is 10.6 Å². The predicted molar refractivity (Wildman–Crippen MR) is 104 cm³/mol. The lowest BCUT2D eigenvalue weighted by Gasteiger charge is -2.10. The van der Waals surface area contributed by atoms with Crippen molar-refractivity contribution in [3.63, 3.8) is 0 Å².